The summed E-state index contributed by atoms with van der Waals surface area (Å²) in [5.41, 5.74) is 1.40. The lowest BCUT2D eigenvalue weighted by molar-refractivity contribution is -0.226. The lowest BCUT2D eigenvalue weighted by Crippen LogP contribution is -2.65. The summed E-state index contributed by atoms with van der Waals surface area (Å²) in [7, 11) is 0. The average molecular weight is 392 g/mol. The minimum atomic E-state index is -1.01. The maximum Gasteiger partial charge on any atom is 0.352 e. The van der Waals surface area contributed by atoms with E-state index in [-0.39, 0.29) is 36.2 Å². The molecule has 0 bridgehead atoms. The molecule has 0 aromatic heterocycles. The molecule has 0 saturated carbocycles. The van der Waals surface area contributed by atoms with Gasteiger partial charge in [-0.2, -0.15) is 0 Å². The molecule has 1 aromatic carbocycles. The van der Waals surface area contributed by atoms with Crippen LogP contribution in [0.1, 0.15) is 24.2 Å². The van der Waals surface area contributed by atoms with E-state index in [0.717, 1.165) is 0 Å². The quantitative estimate of drug-likeness (QED) is 0.740. The van der Waals surface area contributed by atoms with Crippen molar-refractivity contribution >= 4 is 23.6 Å². The summed E-state index contributed by atoms with van der Waals surface area (Å²) >= 11 is 1.51. The topological polar surface area (TPSA) is 88.1 Å². The highest BCUT2D eigenvalue weighted by atomic mass is 32.2. The fourth-order valence-electron chi connectivity index (χ4n) is 3.17. The zero-order valence-corrected chi connectivity index (χ0v) is 16.4. The Bertz CT molecular complexity index is 738. The number of rotatable bonds is 5. The van der Waals surface area contributed by atoms with Crippen molar-refractivity contribution in [2.24, 2.45) is 0 Å². The molecule has 2 saturated heterocycles. The van der Waals surface area contributed by atoms with Gasteiger partial charge in [0.15, 0.2) is 5.79 Å². The predicted octanol–water partition coefficient (Wildman–Crippen LogP) is 1.91. The van der Waals surface area contributed by atoms with E-state index in [9.17, 15) is 14.7 Å². The highest BCUT2D eigenvalue weighted by molar-refractivity contribution is 7.99. The van der Waals surface area contributed by atoms with Crippen molar-refractivity contribution in [3.63, 3.8) is 0 Å². The Kier molecular flexibility index (Phi) is 5.78. The molecule has 2 fully saturated rings. The van der Waals surface area contributed by atoms with Gasteiger partial charge in [-0.3, -0.25) is 4.79 Å². The van der Waals surface area contributed by atoms with Gasteiger partial charge < -0.3 is 24.8 Å². The van der Waals surface area contributed by atoms with E-state index in [1.807, 2.05) is 24.5 Å². The number of ether oxygens (including phenoxy) is 2. The van der Waals surface area contributed by atoms with Crippen molar-refractivity contribution in [3.05, 3.63) is 47.2 Å². The van der Waals surface area contributed by atoms with Crippen LogP contribution in [-0.4, -0.2) is 65.1 Å². The van der Waals surface area contributed by atoms with Crippen molar-refractivity contribution < 1.29 is 24.2 Å². The van der Waals surface area contributed by atoms with Crippen LogP contribution >= 0.6 is 11.8 Å². The van der Waals surface area contributed by atoms with E-state index >= 15 is 0 Å². The van der Waals surface area contributed by atoms with Crippen LogP contribution < -0.4 is 5.32 Å². The summed E-state index contributed by atoms with van der Waals surface area (Å²) in [4.78, 5) is 26.1. The molecule has 8 heteroatoms. The number of thioether (sulfide) groups is 1. The van der Waals surface area contributed by atoms with Gasteiger partial charge in [0.1, 0.15) is 5.70 Å². The number of nitrogens with one attached hydrogen (secondary N) is 1. The fourth-order valence-corrected chi connectivity index (χ4v) is 4.10. The highest BCUT2D eigenvalue weighted by Crippen LogP contribution is 2.34. The van der Waals surface area contributed by atoms with Crippen LogP contribution in [0, 0.1) is 0 Å². The summed E-state index contributed by atoms with van der Waals surface area (Å²) in [6.45, 7) is 4.46. The number of aliphatic carboxylic acids is 1. The Morgan fingerprint density at radius 3 is 2.41 bits per heavy atom. The van der Waals surface area contributed by atoms with Crippen molar-refractivity contribution in [2.75, 3.05) is 26.0 Å². The van der Waals surface area contributed by atoms with E-state index in [1.165, 1.54) is 11.8 Å². The maximum absolute atomic E-state index is 12.4. The zero-order chi connectivity index (χ0) is 19.6. The van der Waals surface area contributed by atoms with Gasteiger partial charge in [0, 0.05) is 17.7 Å². The van der Waals surface area contributed by atoms with Gasteiger partial charge in [0.2, 0.25) is 0 Å². The lowest BCUT2D eigenvalue weighted by Gasteiger charge is -2.49. The zero-order valence-electron chi connectivity index (χ0n) is 15.6. The molecule has 0 spiro atoms. The van der Waals surface area contributed by atoms with Gasteiger partial charge in [-0.1, -0.05) is 18.2 Å². The van der Waals surface area contributed by atoms with E-state index in [0.29, 0.717) is 17.7 Å². The first-order valence-electron chi connectivity index (χ1n) is 8.71. The van der Waals surface area contributed by atoms with E-state index in [2.05, 4.69) is 5.32 Å². The first-order chi connectivity index (χ1) is 12.8. The number of carboxylic acid groups (broad SMARTS) is 1. The first kappa shape index (κ1) is 19.7. The van der Waals surface area contributed by atoms with Crippen LogP contribution in [0.2, 0.25) is 0 Å². The van der Waals surface area contributed by atoms with Crippen LogP contribution in [0.5, 0.6) is 0 Å². The molecule has 1 amide bonds. The second-order valence-corrected chi connectivity index (χ2v) is 7.91. The minimum Gasteiger partial charge on any atom is -0.477 e. The monoisotopic (exact) mass is 392 g/mol. The minimum absolute atomic E-state index is 0.135. The number of carbonyl (C=O) groups is 2. The maximum atomic E-state index is 12.4. The Morgan fingerprint density at radius 1 is 1.22 bits per heavy atom. The van der Waals surface area contributed by atoms with E-state index < -0.39 is 11.8 Å². The standard InChI is InChI=1S/C19H24N2O5S/c1-19(2)25-10-13(11-26-19)15(18(23)24)21-9-14(17(21)27-3)20-16(22)12-7-5-4-6-8-12/h4-8,14,17H,9-11H2,1-3H3,(H,20,22)(H,23,24)/t14-,17+/m0/s1. The Balaban J connectivity index is 1.71. The Hall–Kier alpha value is -2.03. The summed E-state index contributed by atoms with van der Waals surface area (Å²) in [5.74, 6) is -1.88. The second kappa shape index (κ2) is 7.92. The molecule has 0 unspecified atom stereocenters. The van der Waals surface area contributed by atoms with Crippen LogP contribution in [0.15, 0.2) is 41.6 Å². The normalized spacial score (nSPS) is 24.1. The van der Waals surface area contributed by atoms with Gasteiger partial charge in [0.05, 0.1) is 24.6 Å². The van der Waals surface area contributed by atoms with Gasteiger partial charge in [0.25, 0.3) is 5.91 Å². The molecule has 7 nitrogen and oxygen atoms in total. The third-order valence-corrected chi connectivity index (χ3v) is 5.72. The average Bonchev–Trinajstić information content (AvgIpc) is 2.62. The fraction of sp³-hybridized carbons (Fsp3) is 0.474. The number of benzene rings is 1. The number of carboxylic acids is 1. The Labute approximate surface area is 162 Å². The molecule has 0 radical (unpaired) electrons. The van der Waals surface area contributed by atoms with Crippen LogP contribution in [0.25, 0.3) is 0 Å². The third-order valence-electron chi connectivity index (χ3n) is 4.65. The lowest BCUT2D eigenvalue weighted by atomic mass is 10.0. The van der Waals surface area contributed by atoms with Gasteiger partial charge in [-0.05, 0) is 32.2 Å². The van der Waals surface area contributed by atoms with E-state index in [4.69, 9.17) is 9.47 Å². The number of amides is 1. The molecule has 1 aromatic rings. The molecular formula is C19H24N2O5S. The molecule has 2 N–H and O–H groups in total. The first-order valence-corrected chi connectivity index (χ1v) is 10.00. The summed E-state index contributed by atoms with van der Waals surface area (Å²) in [6.07, 6.45) is 1.90. The largest absolute Gasteiger partial charge is 0.477 e. The Morgan fingerprint density at radius 2 is 1.85 bits per heavy atom. The van der Waals surface area contributed by atoms with Crippen LogP contribution in [0.3, 0.4) is 0 Å². The molecular weight excluding hydrogens is 368 g/mol. The van der Waals surface area contributed by atoms with Gasteiger partial charge >= 0.3 is 5.97 Å². The molecule has 2 aliphatic rings. The van der Waals surface area contributed by atoms with E-state index in [1.54, 1.807) is 30.9 Å². The highest BCUT2D eigenvalue weighted by Gasteiger charge is 2.44. The molecule has 2 heterocycles. The predicted molar refractivity (Wildman–Crippen MR) is 102 cm³/mol. The SMILES string of the molecule is CS[C@@H]1[C@@H](NC(=O)c2ccccc2)CN1C(C(=O)O)=C1COC(C)(C)OC1. The van der Waals surface area contributed by atoms with Crippen LogP contribution in [0.4, 0.5) is 0 Å². The number of nitrogens with zero attached hydrogens (tertiary/aromatic N) is 1. The van der Waals surface area contributed by atoms with Crippen molar-refractivity contribution in [3.8, 4) is 0 Å². The number of hydrogen-bond acceptors (Lipinski definition) is 6. The van der Waals surface area contributed by atoms with Gasteiger partial charge in [-0.25, -0.2) is 4.79 Å². The van der Waals surface area contributed by atoms with Gasteiger partial charge in [-0.15, -0.1) is 11.8 Å². The van der Waals surface area contributed by atoms with Crippen molar-refractivity contribution in [1.82, 2.24) is 10.2 Å². The van der Waals surface area contributed by atoms with Crippen molar-refractivity contribution in [1.29, 1.82) is 0 Å². The molecule has 27 heavy (non-hydrogen) atoms. The molecule has 3 rings (SSSR count). The summed E-state index contributed by atoms with van der Waals surface area (Å²) < 4.78 is 11.2. The number of likely N-dealkylation sites (tertiary alicyclic amines) is 1. The molecule has 2 aliphatic heterocycles. The molecule has 0 aliphatic carbocycles. The molecule has 2 atom stereocenters. The van der Waals surface area contributed by atoms with Crippen LogP contribution in [-0.2, 0) is 14.3 Å². The molecule has 146 valence electrons. The number of carbonyl (C=O) groups excluding carboxylic acids is 1. The third kappa shape index (κ3) is 4.28. The summed E-state index contributed by atoms with van der Waals surface area (Å²) in [5, 5.41) is 12.6. The van der Waals surface area contributed by atoms with Crippen molar-refractivity contribution in [2.45, 2.75) is 31.1 Å². The number of hydrogen-bond donors (Lipinski definition) is 2. The summed E-state index contributed by atoms with van der Waals surface area (Å²) in [6, 6.07) is 8.85. The smallest absolute Gasteiger partial charge is 0.352 e. The second-order valence-electron chi connectivity index (χ2n) is 6.96.